The second kappa shape index (κ2) is 6.22. The van der Waals surface area contributed by atoms with Crippen molar-refractivity contribution in [3.05, 3.63) is 54.1 Å². The first-order chi connectivity index (χ1) is 10.6. The van der Waals surface area contributed by atoms with E-state index in [1.807, 2.05) is 48.5 Å². The fraction of sp³-hybridized carbons (Fsp3) is 0.316. The van der Waals surface area contributed by atoms with Crippen LogP contribution in [-0.4, -0.2) is 31.5 Å². The minimum atomic E-state index is 0.0182. The minimum Gasteiger partial charge on any atom is -0.493 e. The van der Waals surface area contributed by atoms with Gasteiger partial charge in [0.2, 0.25) is 0 Å². The molecular weight excluding hydrogens is 274 g/mol. The minimum absolute atomic E-state index is 0.0182. The Kier molecular flexibility index (Phi) is 4.14. The van der Waals surface area contributed by atoms with Gasteiger partial charge in [-0.05, 0) is 48.1 Å². The van der Waals surface area contributed by atoms with E-state index >= 15 is 0 Å². The lowest BCUT2D eigenvalue weighted by atomic mass is 9.99. The monoisotopic (exact) mass is 295 g/mol. The molecular formula is C19H21NO2. The Hall–Kier alpha value is -2.29. The Labute approximate surface area is 131 Å². The van der Waals surface area contributed by atoms with Crippen LogP contribution in [0.4, 0.5) is 0 Å². The Balaban J connectivity index is 1.82. The van der Waals surface area contributed by atoms with E-state index in [0.717, 1.165) is 35.0 Å². The number of hydrogen-bond acceptors (Lipinski definition) is 2. The quantitative estimate of drug-likeness (QED) is 0.838. The number of carbonyl (C=O) groups is 1. The summed E-state index contributed by atoms with van der Waals surface area (Å²) in [6.45, 7) is 0.815. The lowest BCUT2D eigenvalue weighted by Crippen LogP contribution is -2.22. The predicted molar refractivity (Wildman–Crippen MR) is 88.1 cm³/mol. The molecule has 22 heavy (non-hydrogen) atoms. The molecule has 3 rings (SSSR count). The van der Waals surface area contributed by atoms with Crippen molar-refractivity contribution in [3.8, 4) is 16.9 Å². The number of benzene rings is 2. The lowest BCUT2D eigenvalue weighted by molar-refractivity contribution is 0.0828. The molecule has 3 heteroatoms. The van der Waals surface area contributed by atoms with E-state index in [1.54, 1.807) is 19.0 Å². The predicted octanol–water partition coefficient (Wildman–Crippen LogP) is 3.84. The summed E-state index contributed by atoms with van der Waals surface area (Å²) in [5.41, 5.74) is 2.71. The number of ether oxygens (including phenoxy) is 1. The van der Waals surface area contributed by atoms with E-state index in [-0.39, 0.29) is 5.91 Å². The SMILES string of the molecule is CN(C)C(=O)c1ccccc1-c1ccc(OCC2CC2)cc1. The molecule has 0 aromatic heterocycles. The van der Waals surface area contributed by atoms with Gasteiger partial charge in [0.15, 0.2) is 0 Å². The third-order valence-electron chi connectivity index (χ3n) is 3.91. The lowest BCUT2D eigenvalue weighted by Gasteiger charge is -2.14. The van der Waals surface area contributed by atoms with E-state index in [2.05, 4.69) is 0 Å². The van der Waals surface area contributed by atoms with Crippen LogP contribution in [-0.2, 0) is 0 Å². The maximum atomic E-state index is 12.3. The number of amides is 1. The van der Waals surface area contributed by atoms with Crippen LogP contribution in [0, 0.1) is 5.92 Å². The molecule has 0 radical (unpaired) electrons. The van der Waals surface area contributed by atoms with Gasteiger partial charge in [0.25, 0.3) is 5.91 Å². The van der Waals surface area contributed by atoms with Gasteiger partial charge in [0.1, 0.15) is 5.75 Å². The molecule has 1 aliphatic rings. The van der Waals surface area contributed by atoms with Crippen LogP contribution in [0.1, 0.15) is 23.2 Å². The standard InChI is InChI=1S/C19H21NO2/c1-20(2)19(21)18-6-4-3-5-17(18)15-9-11-16(12-10-15)22-13-14-7-8-14/h3-6,9-12,14H,7-8,13H2,1-2H3. The summed E-state index contributed by atoms with van der Waals surface area (Å²) in [6.07, 6.45) is 2.58. The van der Waals surface area contributed by atoms with Gasteiger partial charge in [-0.3, -0.25) is 4.79 Å². The highest BCUT2D eigenvalue weighted by molar-refractivity contribution is 6.00. The van der Waals surface area contributed by atoms with Crippen molar-refractivity contribution >= 4 is 5.91 Å². The zero-order valence-corrected chi connectivity index (χ0v) is 13.1. The molecule has 114 valence electrons. The van der Waals surface area contributed by atoms with Crippen LogP contribution in [0.5, 0.6) is 5.75 Å². The largest absolute Gasteiger partial charge is 0.493 e. The van der Waals surface area contributed by atoms with E-state index in [4.69, 9.17) is 4.74 Å². The van der Waals surface area contributed by atoms with Gasteiger partial charge < -0.3 is 9.64 Å². The van der Waals surface area contributed by atoms with Crippen LogP contribution >= 0.6 is 0 Å². The summed E-state index contributed by atoms with van der Waals surface area (Å²) in [4.78, 5) is 13.9. The average molecular weight is 295 g/mol. The molecule has 0 saturated heterocycles. The third-order valence-corrected chi connectivity index (χ3v) is 3.91. The molecule has 3 nitrogen and oxygen atoms in total. The first kappa shape index (κ1) is 14.6. The molecule has 0 spiro atoms. The molecule has 0 N–H and O–H groups in total. The Morgan fingerprint density at radius 3 is 2.41 bits per heavy atom. The van der Waals surface area contributed by atoms with Crippen molar-refractivity contribution < 1.29 is 9.53 Å². The summed E-state index contributed by atoms with van der Waals surface area (Å²) >= 11 is 0. The topological polar surface area (TPSA) is 29.5 Å². The molecule has 1 amide bonds. The number of carbonyl (C=O) groups excluding carboxylic acids is 1. The van der Waals surface area contributed by atoms with Crippen LogP contribution in [0.2, 0.25) is 0 Å². The molecule has 1 aliphatic carbocycles. The van der Waals surface area contributed by atoms with Crippen LogP contribution < -0.4 is 4.74 Å². The van der Waals surface area contributed by atoms with Crippen LogP contribution in [0.25, 0.3) is 11.1 Å². The van der Waals surface area contributed by atoms with Crippen molar-refractivity contribution in [2.45, 2.75) is 12.8 Å². The summed E-state index contributed by atoms with van der Waals surface area (Å²) in [7, 11) is 3.54. The Morgan fingerprint density at radius 2 is 1.77 bits per heavy atom. The second-order valence-corrected chi connectivity index (χ2v) is 6.02. The van der Waals surface area contributed by atoms with E-state index in [1.165, 1.54) is 12.8 Å². The highest BCUT2D eigenvalue weighted by Crippen LogP contribution is 2.30. The molecule has 1 fully saturated rings. The van der Waals surface area contributed by atoms with Crippen molar-refractivity contribution in [1.29, 1.82) is 0 Å². The van der Waals surface area contributed by atoms with Gasteiger partial charge in [0.05, 0.1) is 6.61 Å². The molecule has 0 atom stereocenters. The van der Waals surface area contributed by atoms with Crippen molar-refractivity contribution in [1.82, 2.24) is 4.90 Å². The van der Waals surface area contributed by atoms with Gasteiger partial charge in [0, 0.05) is 19.7 Å². The van der Waals surface area contributed by atoms with Gasteiger partial charge in [-0.15, -0.1) is 0 Å². The van der Waals surface area contributed by atoms with Gasteiger partial charge in [-0.25, -0.2) is 0 Å². The fourth-order valence-corrected chi connectivity index (χ4v) is 2.39. The molecule has 1 saturated carbocycles. The first-order valence-corrected chi connectivity index (χ1v) is 7.69. The zero-order valence-electron chi connectivity index (χ0n) is 13.1. The molecule has 2 aromatic carbocycles. The maximum Gasteiger partial charge on any atom is 0.253 e. The van der Waals surface area contributed by atoms with E-state index in [9.17, 15) is 4.79 Å². The van der Waals surface area contributed by atoms with Crippen molar-refractivity contribution in [2.75, 3.05) is 20.7 Å². The van der Waals surface area contributed by atoms with E-state index in [0.29, 0.717) is 0 Å². The first-order valence-electron chi connectivity index (χ1n) is 7.69. The molecule has 0 aliphatic heterocycles. The molecule has 0 heterocycles. The van der Waals surface area contributed by atoms with Crippen LogP contribution in [0.3, 0.4) is 0 Å². The number of nitrogens with zero attached hydrogens (tertiary/aromatic N) is 1. The summed E-state index contributed by atoms with van der Waals surface area (Å²) in [6, 6.07) is 15.7. The highest BCUT2D eigenvalue weighted by atomic mass is 16.5. The van der Waals surface area contributed by atoms with Crippen molar-refractivity contribution in [2.24, 2.45) is 5.92 Å². The van der Waals surface area contributed by atoms with Gasteiger partial charge >= 0.3 is 0 Å². The number of hydrogen-bond donors (Lipinski definition) is 0. The third kappa shape index (κ3) is 3.30. The maximum absolute atomic E-state index is 12.3. The fourth-order valence-electron chi connectivity index (χ4n) is 2.39. The van der Waals surface area contributed by atoms with Crippen LogP contribution in [0.15, 0.2) is 48.5 Å². The smallest absolute Gasteiger partial charge is 0.253 e. The van der Waals surface area contributed by atoms with Crippen molar-refractivity contribution in [3.63, 3.8) is 0 Å². The number of rotatable bonds is 5. The summed E-state index contributed by atoms with van der Waals surface area (Å²) in [5, 5.41) is 0. The van der Waals surface area contributed by atoms with Gasteiger partial charge in [-0.2, -0.15) is 0 Å². The summed E-state index contributed by atoms with van der Waals surface area (Å²) in [5.74, 6) is 1.66. The highest BCUT2D eigenvalue weighted by Gasteiger charge is 2.21. The van der Waals surface area contributed by atoms with Gasteiger partial charge in [-0.1, -0.05) is 30.3 Å². The zero-order chi connectivity index (χ0) is 15.5. The average Bonchev–Trinajstić information content (AvgIpc) is 3.37. The molecule has 0 unspecified atom stereocenters. The molecule has 2 aromatic rings. The second-order valence-electron chi connectivity index (χ2n) is 6.02. The normalized spacial score (nSPS) is 13.7. The van der Waals surface area contributed by atoms with E-state index < -0.39 is 0 Å². The summed E-state index contributed by atoms with van der Waals surface area (Å²) < 4.78 is 5.76. The Morgan fingerprint density at radius 1 is 1.09 bits per heavy atom. The Bertz CT molecular complexity index is 657. The molecule has 0 bridgehead atoms.